The summed E-state index contributed by atoms with van der Waals surface area (Å²) in [5.41, 5.74) is 1.13. The number of aliphatic hydroxyl groups is 1. The molecule has 0 spiro atoms. The molecule has 1 aliphatic heterocycles. The van der Waals surface area contributed by atoms with Crippen molar-refractivity contribution in [2.75, 3.05) is 26.9 Å². The summed E-state index contributed by atoms with van der Waals surface area (Å²) in [4.78, 5) is 37.9. The van der Waals surface area contributed by atoms with Crippen LogP contribution in [0.5, 0.6) is 5.75 Å². The van der Waals surface area contributed by atoms with Crippen molar-refractivity contribution in [3.8, 4) is 5.75 Å². The second-order valence-electron chi connectivity index (χ2n) is 8.52. The molecule has 1 saturated heterocycles. The summed E-state index contributed by atoms with van der Waals surface area (Å²) in [5.74, 6) is -1.02. The number of nitro groups is 1. The van der Waals surface area contributed by atoms with Crippen LogP contribution in [0.15, 0.2) is 48.0 Å². The van der Waals surface area contributed by atoms with E-state index in [4.69, 9.17) is 9.47 Å². The van der Waals surface area contributed by atoms with E-state index in [0.29, 0.717) is 29.4 Å². The Labute approximate surface area is 197 Å². The van der Waals surface area contributed by atoms with E-state index < -0.39 is 22.7 Å². The third-order valence-corrected chi connectivity index (χ3v) is 5.49. The Kier molecular flexibility index (Phi) is 7.68. The van der Waals surface area contributed by atoms with Crippen molar-refractivity contribution >= 4 is 23.1 Å². The number of nitrogens with zero attached hydrogens (tertiary/aromatic N) is 2. The number of likely N-dealkylation sites (tertiary alicyclic amines) is 1. The minimum atomic E-state index is -0.993. The van der Waals surface area contributed by atoms with Gasteiger partial charge in [0.15, 0.2) is 0 Å². The summed E-state index contributed by atoms with van der Waals surface area (Å²) in [6.07, 6.45) is 0. The number of Topliss-reactive ketones (excluding diaryl/α,β-unsaturated/α-hetero) is 1. The van der Waals surface area contributed by atoms with Crippen molar-refractivity contribution in [3.05, 3.63) is 74.8 Å². The van der Waals surface area contributed by atoms with Crippen LogP contribution < -0.4 is 4.74 Å². The molecule has 180 valence electrons. The van der Waals surface area contributed by atoms with E-state index in [1.54, 1.807) is 24.3 Å². The Morgan fingerprint density at radius 1 is 1.21 bits per heavy atom. The highest BCUT2D eigenvalue weighted by Crippen LogP contribution is 2.40. The molecule has 1 fully saturated rings. The van der Waals surface area contributed by atoms with Crippen LogP contribution in [0.3, 0.4) is 0 Å². The van der Waals surface area contributed by atoms with Crippen LogP contribution in [-0.2, 0) is 14.3 Å². The highest BCUT2D eigenvalue weighted by Gasteiger charge is 2.46. The second kappa shape index (κ2) is 10.5. The molecule has 0 radical (unpaired) electrons. The van der Waals surface area contributed by atoms with Gasteiger partial charge in [0.05, 0.1) is 29.8 Å². The van der Waals surface area contributed by atoms with E-state index in [2.05, 4.69) is 0 Å². The van der Waals surface area contributed by atoms with Gasteiger partial charge in [-0.05, 0) is 42.2 Å². The molecule has 9 heteroatoms. The largest absolute Gasteiger partial charge is 0.507 e. The summed E-state index contributed by atoms with van der Waals surface area (Å²) in [6.45, 7) is 6.65. The van der Waals surface area contributed by atoms with Crippen molar-refractivity contribution in [2.24, 2.45) is 5.92 Å². The van der Waals surface area contributed by atoms with Crippen molar-refractivity contribution in [2.45, 2.75) is 26.8 Å². The Bertz CT molecular complexity index is 1140. The molecule has 0 bridgehead atoms. The number of ether oxygens (including phenoxy) is 2. The van der Waals surface area contributed by atoms with Crippen LogP contribution in [-0.4, -0.2) is 53.5 Å². The van der Waals surface area contributed by atoms with Gasteiger partial charge in [-0.2, -0.15) is 0 Å². The Morgan fingerprint density at radius 3 is 2.56 bits per heavy atom. The first kappa shape index (κ1) is 24.9. The van der Waals surface area contributed by atoms with Gasteiger partial charge < -0.3 is 19.5 Å². The van der Waals surface area contributed by atoms with Crippen molar-refractivity contribution in [1.82, 2.24) is 4.90 Å². The predicted octanol–water partition coefficient (Wildman–Crippen LogP) is 4.01. The Balaban J connectivity index is 2.11. The summed E-state index contributed by atoms with van der Waals surface area (Å²) < 4.78 is 10.9. The second-order valence-corrected chi connectivity index (χ2v) is 8.52. The number of aliphatic hydroxyl groups excluding tert-OH is 1. The van der Waals surface area contributed by atoms with Crippen LogP contribution in [0.2, 0.25) is 0 Å². The number of benzene rings is 2. The molecule has 3 rings (SSSR count). The molecule has 0 aromatic heterocycles. The summed E-state index contributed by atoms with van der Waals surface area (Å²) >= 11 is 0. The van der Waals surface area contributed by atoms with E-state index in [0.717, 1.165) is 5.56 Å². The van der Waals surface area contributed by atoms with E-state index in [1.165, 1.54) is 30.2 Å². The lowest BCUT2D eigenvalue weighted by Gasteiger charge is -2.25. The van der Waals surface area contributed by atoms with Gasteiger partial charge in [-0.15, -0.1) is 0 Å². The van der Waals surface area contributed by atoms with Gasteiger partial charge in [-0.25, -0.2) is 0 Å². The first-order valence-corrected chi connectivity index (χ1v) is 10.9. The molecule has 34 heavy (non-hydrogen) atoms. The molecule has 1 unspecified atom stereocenters. The first-order chi connectivity index (χ1) is 16.1. The SMILES string of the molecule is COCCN1C(=O)C(=O)/C(=C(/O)c2ccc(OCC(C)C)c(C)c2)C1c1cccc([N+](=O)[O-])c1. The number of non-ortho nitro benzene ring substituents is 1. The summed E-state index contributed by atoms with van der Waals surface area (Å²) in [5, 5.41) is 22.5. The van der Waals surface area contributed by atoms with Gasteiger partial charge in [-0.3, -0.25) is 19.7 Å². The zero-order chi connectivity index (χ0) is 25.0. The molecule has 1 amide bonds. The third-order valence-electron chi connectivity index (χ3n) is 5.49. The maximum Gasteiger partial charge on any atom is 0.295 e. The number of methoxy groups -OCH3 is 1. The lowest BCUT2D eigenvalue weighted by atomic mass is 9.94. The minimum absolute atomic E-state index is 0.0756. The third kappa shape index (κ3) is 5.09. The first-order valence-electron chi connectivity index (χ1n) is 10.9. The van der Waals surface area contributed by atoms with Crippen molar-refractivity contribution in [1.29, 1.82) is 0 Å². The average molecular weight is 469 g/mol. The predicted molar refractivity (Wildman–Crippen MR) is 125 cm³/mol. The number of amides is 1. The standard InChI is InChI=1S/C25H28N2O7/c1-15(2)14-34-20-9-8-18(12-16(20)3)23(28)21-22(17-6-5-7-19(13-17)27(31)32)26(10-11-33-4)25(30)24(21)29/h5-9,12-13,15,22,28H,10-11,14H2,1-4H3/b23-21+. The molecule has 2 aromatic rings. The molecule has 0 aliphatic carbocycles. The van der Waals surface area contributed by atoms with E-state index in [9.17, 15) is 24.8 Å². The highest BCUT2D eigenvalue weighted by atomic mass is 16.6. The monoisotopic (exact) mass is 468 g/mol. The lowest BCUT2D eigenvalue weighted by molar-refractivity contribution is -0.384. The normalized spacial score (nSPS) is 17.4. The highest BCUT2D eigenvalue weighted by molar-refractivity contribution is 6.46. The van der Waals surface area contributed by atoms with Gasteiger partial charge >= 0.3 is 0 Å². The maximum absolute atomic E-state index is 13.0. The average Bonchev–Trinajstić information content (AvgIpc) is 3.06. The van der Waals surface area contributed by atoms with Gasteiger partial charge in [0.2, 0.25) is 0 Å². The number of carbonyl (C=O) groups is 2. The molecule has 1 heterocycles. The molecule has 1 atom stereocenters. The number of carbonyl (C=O) groups excluding carboxylic acids is 2. The maximum atomic E-state index is 13.0. The Hall–Kier alpha value is -3.72. The number of nitro benzene ring substituents is 1. The molecule has 0 saturated carbocycles. The van der Waals surface area contributed by atoms with Gasteiger partial charge in [-0.1, -0.05) is 26.0 Å². The molecule has 1 N–H and O–H groups in total. The lowest BCUT2D eigenvalue weighted by Crippen LogP contribution is -2.32. The number of aryl methyl sites for hydroxylation is 1. The van der Waals surface area contributed by atoms with Gasteiger partial charge in [0.25, 0.3) is 17.4 Å². The van der Waals surface area contributed by atoms with Gasteiger partial charge in [0.1, 0.15) is 11.5 Å². The van der Waals surface area contributed by atoms with Crippen LogP contribution in [0.25, 0.3) is 5.76 Å². The fraction of sp³-hybridized carbons (Fsp3) is 0.360. The summed E-state index contributed by atoms with van der Waals surface area (Å²) in [7, 11) is 1.46. The molecule has 1 aliphatic rings. The number of hydrogen-bond donors (Lipinski definition) is 1. The quantitative estimate of drug-likeness (QED) is 0.194. The number of hydrogen-bond acceptors (Lipinski definition) is 7. The smallest absolute Gasteiger partial charge is 0.295 e. The molecule has 2 aromatic carbocycles. The zero-order valence-electron chi connectivity index (χ0n) is 19.6. The Morgan fingerprint density at radius 2 is 1.94 bits per heavy atom. The van der Waals surface area contributed by atoms with E-state index in [-0.39, 0.29) is 30.2 Å². The van der Waals surface area contributed by atoms with Crippen LogP contribution in [0.1, 0.15) is 36.6 Å². The minimum Gasteiger partial charge on any atom is -0.507 e. The van der Waals surface area contributed by atoms with Crippen LogP contribution in [0, 0.1) is 23.0 Å². The topological polar surface area (TPSA) is 119 Å². The van der Waals surface area contributed by atoms with Crippen LogP contribution in [0.4, 0.5) is 5.69 Å². The van der Waals surface area contributed by atoms with Crippen molar-refractivity contribution in [3.63, 3.8) is 0 Å². The fourth-order valence-corrected chi connectivity index (χ4v) is 3.83. The van der Waals surface area contributed by atoms with E-state index in [1.807, 2.05) is 20.8 Å². The van der Waals surface area contributed by atoms with Crippen molar-refractivity contribution < 1.29 is 29.1 Å². The molecule has 9 nitrogen and oxygen atoms in total. The molecular formula is C25H28N2O7. The van der Waals surface area contributed by atoms with E-state index >= 15 is 0 Å². The summed E-state index contributed by atoms with van der Waals surface area (Å²) in [6, 6.07) is 9.70. The molecular weight excluding hydrogens is 440 g/mol. The van der Waals surface area contributed by atoms with Crippen LogP contribution >= 0.6 is 0 Å². The fourth-order valence-electron chi connectivity index (χ4n) is 3.83. The number of rotatable bonds is 9. The number of ketones is 1. The van der Waals surface area contributed by atoms with Gasteiger partial charge in [0, 0.05) is 31.4 Å². The zero-order valence-corrected chi connectivity index (χ0v) is 19.6.